The van der Waals surface area contributed by atoms with Crippen LogP contribution in [0.4, 0.5) is 0 Å². The average Bonchev–Trinajstić information content (AvgIpc) is 3.29. The van der Waals surface area contributed by atoms with Gasteiger partial charge in [-0.15, -0.1) is 0 Å². The Morgan fingerprint density at radius 3 is 2.52 bits per heavy atom. The molecule has 0 fully saturated rings. The Hall–Kier alpha value is -3.61. The molecule has 1 aliphatic carbocycles. The van der Waals surface area contributed by atoms with Crippen molar-refractivity contribution in [2.24, 2.45) is 0 Å². The second kappa shape index (κ2) is 6.95. The number of hydrogen-bond acceptors (Lipinski definition) is 4. The Morgan fingerprint density at radius 1 is 0.963 bits per heavy atom. The van der Waals surface area contributed by atoms with Crippen LogP contribution in [0, 0.1) is 0 Å². The monoisotopic (exact) mass is 362 g/mol. The van der Waals surface area contributed by atoms with E-state index in [1.165, 1.54) is 12.1 Å². The van der Waals surface area contributed by atoms with Gasteiger partial charge in [-0.25, -0.2) is 4.68 Å². The van der Waals surface area contributed by atoms with E-state index < -0.39 is 11.8 Å². The molecule has 1 heterocycles. The molecular formula is C20H18N4O3. The van der Waals surface area contributed by atoms with Crippen LogP contribution in [0.2, 0.25) is 0 Å². The molecule has 0 unspecified atom stereocenters. The summed E-state index contributed by atoms with van der Waals surface area (Å²) in [5, 5.41) is 13.9. The van der Waals surface area contributed by atoms with Crippen LogP contribution in [0.1, 0.15) is 38.5 Å². The lowest BCUT2D eigenvalue weighted by Crippen LogP contribution is -2.42. The lowest BCUT2D eigenvalue weighted by atomic mass is 10.2. The number of benzene rings is 2. The van der Waals surface area contributed by atoms with Gasteiger partial charge < -0.3 is 5.11 Å². The van der Waals surface area contributed by atoms with Crippen LogP contribution in [0.15, 0.2) is 54.6 Å². The molecular weight excluding hydrogens is 344 g/mol. The summed E-state index contributed by atoms with van der Waals surface area (Å²) in [7, 11) is 0. The van der Waals surface area contributed by atoms with E-state index in [1.807, 2.05) is 30.3 Å². The van der Waals surface area contributed by atoms with Gasteiger partial charge in [-0.3, -0.25) is 20.4 Å². The molecule has 3 N–H and O–H groups in total. The molecule has 7 nitrogen and oxygen atoms in total. The second-order valence-corrected chi connectivity index (χ2v) is 6.33. The number of fused-ring (bicyclic) bond motifs is 1. The number of amides is 2. The number of hydrazine groups is 1. The SMILES string of the molecule is O=C(NNC(=O)c1nn(-c2ccccc2)c2c1CCC2)c1cccc(O)c1. The van der Waals surface area contributed by atoms with Gasteiger partial charge in [0.25, 0.3) is 11.8 Å². The Balaban J connectivity index is 1.54. The number of rotatable bonds is 3. The van der Waals surface area contributed by atoms with Crippen molar-refractivity contribution in [3.63, 3.8) is 0 Å². The minimum atomic E-state index is -0.515. The van der Waals surface area contributed by atoms with Gasteiger partial charge >= 0.3 is 0 Å². The molecule has 3 aromatic rings. The minimum Gasteiger partial charge on any atom is -0.508 e. The van der Waals surface area contributed by atoms with Crippen LogP contribution in [0.25, 0.3) is 5.69 Å². The highest BCUT2D eigenvalue weighted by molar-refractivity contribution is 5.99. The van der Waals surface area contributed by atoms with Crippen LogP contribution in [0.5, 0.6) is 5.75 Å². The molecule has 0 spiro atoms. The van der Waals surface area contributed by atoms with Crippen LogP contribution < -0.4 is 10.9 Å². The van der Waals surface area contributed by atoms with Gasteiger partial charge in [0.2, 0.25) is 0 Å². The number of nitrogens with one attached hydrogen (secondary N) is 2. The van der Waals surface area contributed by atoms with Crippen LogP contribution in [-0.2, 0) is 12.8 Å². The summed E-state index contributed by atoms with van der Waals surface area (Å²) in [4.78, 5) is 24.7. The maximum Gasteiger partial charge on any atom is 0.290 e. The van der Waals surface area contributed by atoms with E-state index in [0.29, 0.717) is 5.69 Å². The molecule has 0 bridgehead atoms. The maximum atomic E-state index is 12.6. The van der Waals surface area contributed by atoms with E-state index in [-0.39, 0.29) is 11.3 Å². The molecule has 0 atom stereocenters. The van der Waals surface area contributed by atoms with Crippen molar-refractivity contribution in [1.29, 1.82) is 0 Å². The van der Waals surface area contributed by atoms with Crippen LogP contribution in [-0.4, -0.2) is 26.7 Å². The van der Waals surface area contributed by atoms with Crippen LogP contribution >= 0.6 is 0 Å². The molecule has 0 aliphatic heterocycles. The van der Waals surface area contributed by atoms with Gasteiger partial charge in [0.05, 0.1) is 5.69 Å². The first kappa shape index (κ1) is 16.8. The van der Waals surface area contributed by atoms with Crippen molar-refractivity contribution in [2.45, 2.75) is 19.3 Å². The fourth-order valence-corrected chi connectivity index (χ4v) is 3.29. The number of aromatic hydroxyl groups is 1. The summed E-state index contributed by atoms with van der Waals surface area (Å²) in [5.74, 6) is -0.997. The first-order valence-corrected chi connectivity index (χ1v) is 8.69. The smallest absolute Gasteiger partial charge is 0.290 e. The quantitative estimate of drug-likeness (QED) is 0.622. The largest absolute Gasteiger partial charge is 0.508 e. The van der Waals surface area contributed by atoms with Gasteiger partial charge in [0, 0.05) is 16.8 Å². The summed E-state index contributed by atoms with van der Waals surface area (Å²) in [6.07, 6.45) is 2.61. The second-order valence-electron chi connectivity index (χ2n) is 6.33. The molecule has 7 heteroatoms. The molecule has 1 aliphatic rings. The fourth-order valence-electron chi connectivity index (χ4n) is 3.29. The predicted molar refractivity (Wildman–Crippen MR) is 98.6 cm³/mol. The third kappa shape index (κ3) is 3.27. The molecule has 4 rings (SSSR count). The zero-order valence-electron chi connectivity index (χ0n) is 14.5. The van der Waals surface area contributed by atoms with E-state index in [0.717, 1.165) is 36.2 Å². The fraction of sp³-hybridized carbons (Fsp3) is 0.150. The van der Waals surface area contributed by atoms with E-state index in [9.17, 15) is 14.7 Å². The van der Waals surface area contributed by atoms with Gasteiger partial charge in [0.1, 0.15) is 5.75 Å². The van der Waals surface area contributed by atoms with Crippen molar-refractivity contribution in [2.75, 3.05) is 0 Å². The van der Waals surface area contributed by atoms with Gasteiger partial charge in [-0.2, -0.15) is 5.10 Å². The van der Waals surface area contributed by atoms with Crippen molar-refractivity contribution >= 4 is 11.8 Å². The first-order valence-electron chi connectivity index (χ1n) is 8.69. The molecule has 0 saturated carbocycles. The minimum absolute atomic E-state index is 0.0200. The third-order valence-electron chi connectivity index (χ3n) is 4.54. The number of para-hydroxylation sites is 1. The number of nitrogens with zero attached hydrogens (tertiary/aromatic N) is 2. The summed E-state index contributed by atoms with van der Waals surface area (Å²) in [6.45, 7) is 0. The highest BCUT2D eigenvalue weighted by atomic mass is 16.3. The zero-order chi connectivity index (χ0) is 18.8. The van der Waals surface area contributed by atoms with E-state index >= 15 is 0 Å². The van der Waals surface area contributed by atoms with Crippen LogP contribution in [0.3, 0.4) is 0 Å². The standard InChI is InChI=1S/C20H18N4O3/c25-15-9-4-6-13(12-15)19(26)21-22-20(27)18-16-10-5-11-17(16)24(23-18)14-7-2-1-3-8-14/h1-4,6-9,12,25H,5,10-11H2,(H,21,26)(H,22,27). The number of carbonyl (C=O) groups is 2. The summed E-state index contributed by atoms with van der Waals surface area (Å²) >= 11 is 0. The number of carbonyl (C=O) groups excluding carboxylic acids is 2. The Bertz CT molecular complexity index is 1010. The van der Waals surface area contributed by atoms with E-state index in [4.69, 9.17) is 0 Å². The van der Waals surface area contributed by atoms with Crippen molar-refractivity contribution in [3.05, 3.63) is 77.1 Å². The van der Waals surface area contributed by atoms with Crippen molar-refractivity contribution in [1.82, 2.24) is 20.6 Å². The molecule has 2 amide bonds. The zero-order valence-corrected chi connectivity index (χ0v) is 14.5. The first-order chi connectivity index (χ1) is 13.1. The summed E-state index contributed by atoms with van der Waals surface area (Å²) in [5.41, 5.74) is 8.20. The van der Waals surface area contributed by atoms with Gasteiger partial charge in [-0.1, -0.05) is 24.3 Å². The normalized spacial score (nSPS) is 12.4. The Morgan fingerprint density at radius 2 is 1.74 bits per heavy atom. The lowest BCUT2D eigenvalue weighted by molar-refractivity contribution is 0.0843. The molecule has 136 valence electrons. The van der Waals surface area contributed by atoms with Crippen molar-refractivity contribution < 1.29 is 14.7 Å². The summed E-state index contributed by atoms with van der Waals surface area (Å²) < 4.78 is 1.80. The molecule has 1 aromatic heterocycles. The molecule has 2 aromatic carbocycles. The number of phenols is 1. The number of aromatic nitrogens is 2. The highest BCUT2D eigenvalue weighted by Crippen LogP contribution is 2.27. The Kier molecular flexibility index (Phi) is 4.33. The molecule has 0 saturated heterocycles. The number of hydrogen-bond donors (Lipinski definition) is 3. The lowest BCUT2D eigenvalue weighted by Gasteiger charge is -2.07. The predicted octanol–water partition coefficient (Wildman–Crippen LogP) is 2.14. The molecule has 0 radical (unpaired) electrons. The van der Waals surface area contributed by atoms with Gasteiger partial charge in [-0.05, 0) is 49.6 Å². The van der Waals surface area contributed by atoms with E-state index in [1.54, 1.807) is 16.8 Å². The maximum absolute atomic E-state index is 12.6. The highest BCUT2D eigenvalue weighted by Gasteiger charge is 2.27. The average molecular weight is 362 g/mol. The molecule has 27 heavy (non-hydrogen) atoms. The number of phenolic OH excluding ortho intramolecular Hbond substituents is 1. The summed E-state index contributed by atoms with van der Waals surface area (Å²) in [6, 6.07) is 15.6. The topological polar surface area (TPSA) is 96.3 Å². The van der Waals surface area contributed by atoms with Gasteiger partial charge in [0.15, 0.2) is 5.69 Å². The van der Waals surface area contributed by atoms with Crippen molar-refractivity contribution in [3.8, 4) is 11.4 Å². The third-order valence-corrected chi connectivity index (χ3v) is 4.54. The van der Waals surface area contributed by atoms with E-state index in [2.05, 4.69) is 16.0 Å². The Labute approximate surface area is 155 Å².